The van der Waals surface area contributed by atoms with Crippen molar-refractivity contribution in [3.05, 3.63) is 42.5 Å². The number of rotatable bonds is 7. The molecule has 0 atom stereocenters. The molecule has 2 aromatic carbocycles. The van der Waals surface area contributed by atoms with Crippen molar-refractivity contribution in [1.29, 1.82) is 0 Å². The van der Waals surface area contributed by atoms with Gasteiger partial charge in [-0.1, -0.05) is 12.8 Å². The zero-order chi connectivity index (χ0) is 22.6. The predicted molar refractivity (Wildman–Crippen MR) is 124 cm³/mol. The lowest BCUT2D eigenvalue weighted by Crippen LogP contribution is -2.37. The summed E-state index contributed by atoms with van der Waals surface area (Å²) < 4.78 is 40.0. The average Bonchev–Trinajstić information content (AvgIpc) is 3.35. The summed E-state index contributed by atoms with van der Waals surface area (Å²) in [7, 11) is -2.36. The van der Waals surface area contributed by atoms with E-state index in [0.717, 1.165) is 25.7 Å². The molecule has 0 unspecified atom stereocenters. The molecule has 1 saturated heterocycles. The molecule has 1 saturated carbocycles. The van der Waals surface area contributed by atoms with Crippen molar-refractivity contribution in [2.75, 3.05) is 48.4 Å². The first-order valence-electron chi connectivity index (χ1n) is 10.9. The maximum absolute atomic E-state index is 13.4. The number of nitrogens with zero attached hydrogens (tertiary/aromatic N) is 1. The molecule has 2 fully saturated rings. The second kappa shape index (κ2) is 9.79. The first kappa shape index (κ1) is 22.4. The lowest BCUT2D eigenvalue weighted by Gasteiger charge is -2.30. The minimum Gasteiger partial charge on any atom is -0.497 e. The Morgan fingerprint density at radius 3 is 2.34 bits per heavy atom. The zero-order valence-corrected chi connectivity index (χ0v) is 19.0. The molecule has 172 valence electrons. The van der Waals surface area contributed by atoms with E-state index in [4.69, 9.17) is 9.47 Å². The molecular weight excluding hydrogens is 430 g/mol. The topological polar surface area (TPSA) is 97.0 Å². The van der Waals surface area contributed by atoms with Crippen molar-refractivity contribution in [3.8, 4) is 5.75 Å². The van der Waals surface area contributed by atoms with E-state index in [1.54, 1.807) is 49.6 Å². The quantitative estimate of drug-likeness (QED) is 0.658. The van der Waals surface area contributed by atoms with E-state index in [1.165, 1.54) is 0 Å². The van der Waals surface area contributed by atoms with Gasteiger partial charge in [0.1, 0.15) is 10.6 Å². The second-order valence-electron chi connectivity index (χ2n) is 8.09. The molecule has 1 heterocycles. The molecule has 1 aliphatic carbocycles. The highest BCUT2D eigenvalue weighted by molar-refractivity contribution is 7.92. The maximum atomic E-state index is 13.4. The van der Waals surface area contributed by atoms with Gasteiger partial charge in [0.05, 0.1) is 26.0 Å². The number of anilines is 3. The van der Waals surface area contributed by atoms with Gasteiger partial charge in [0.15, 0.2) is 0 Å². The largest absolute Gasteiger partial charge is 0.497 e. The molecule has 9 heteroatoms. The summed E-state index contributed by atoms with van der Waals surface area (Å²) in [5.41, 5.74) is 1.50. The van der Waals surface area contributed by atoms with Crippen LogP contribution in [0.5, 0.6) is 5.75 Å². The molecule has 0 aromatic heterocycles. The summed E-state index contributed by atoms with van der Waals surface area (Å²) in [6, 6.07) is 11.8. The Labute approximate surface area is 189 Å². The second-order valence-corrected chi connectivity index (χ2v) is 9.74. The lowest BCUT2D eigenvalue weighted by atomic mass is 10.1. The van der Waals surface area contributed by atoms with E-state index in [9.17, 15) is 13.2 Å². The fourth-order valence-corrected chi connectivity index (χ4v) is 5.49. The van der Waals surface area contributed by atoms with Crippen LogP contribution in [0, 0.1) is 5.92 Å². The van der Waals surface area contributed by atoms with Crippen LogP contribution in [0.2, 0.25) is 0 Å². The van der Waals surface area contributed by atoms with E-state index >= 15 is 0 Å². The van der Waals surface area contributed by atoms with Gasteiger partial charge in [-0.05, 0) is 55.3 Å². The van der Waals surface area contributed by atoms with Gasteiger partial charge in [-0.2, -0.15) is 0 Å². The van der Waals surface area contributed by atoms with Crippen molar-refractivity contribution in [1.82, 2.24) is 0 Å². The molecule has 1 amide bonds. The Balaban J connectivity index is 1.64. The smallest absolute Gasteiger partial charge is 0.264 e. The third-order valence-electron chi connectivity index (χ3n) is 5.94. The molecule has 0 spiro atoms. The number of carbonyl (C=O) groups excluding carboxylic acids is 1. The normalized spacial score (nSPS) is 17.2. The first-order chi connectivity index (χ1) is 15.5. The number of benzene rings is 2. The van der Waals surface area contributed by atoms with Crippen molar-refractivity contribution in [2.45, 2.75) is 30.6 Å². The zero-order valence-electron chi connectivity index (χ0n) is 18.2. The predicted octanol–water partition coefficient (Wildman–Crippen LogP) is 3.46. The molecule has 8 nitrogen and oxygen atoms in total. The number of ether oxygens (including phenoxy) is 2. The monoisotopic (exact) mass is 459 g/mol. The number of nitrogens with one attached hydrogen (secondary N) is 2. The van der Waals surface area contributed by atoms with Gasteiger partial charge in [-0.3, -0.25) is 9.52 Å². The van der Waals surface area contributed by atoms with Crippen LogP contribution < -0.4 is 19.7 Å². The van der Waals surface area contributed by atoms with Gasteiger partial charge in [-0.25, -0.2) is 8.42 Å². The Bertz CT molecular complexity index is 1040. The molecule has 2 aliphatic rings. The first-order valence-corrected chi connectivity index (χ1v) is 12.4. The highest BCUT2D eigenvalue weighted by atomic mass is 32.2. The fraction of sp³-hybridized carbons (Fsp3) is 0.435. The third-order valence-corrected chi connectivity index (χ3v) is 7.35. The van der Waals surface area contributed by atoms with Crippen molar-refractivity contribution in [2.24, 2.45) is 5.92 Å². The van der Waals surface area contributed by atoms with Crippen molar-refractivity contribution in [3.63, 3.8) is 0 Å². The van der Waals surface area contributed by atoms with Crippen LogP contribution in [0.25, 0.3) is 0 Å². The van der Waals surface area contributed by atoms with Crippen LogP contribution in [-0.4, -0.2) is 47.7 Å². The number of carbonyl (C=O) groups is 1. The van der Waals surface area contributed by atoms with Gasteiger partial charge in [0, 0.05) is 30.4 Å². The number of amides is 1. The van der Waals surface area contributed by atoms with Gasteiger partial charge >= 0.3 is 0 Å². The lowest BCUT2D eigenvalue weighted by molar-refractivity contribution is -0.119. The Kier molecular flexibility index (Phi) is 6.86. The maximum Gasteiger partial charge on any atom is 0.264 e. The Morgan fingerprint density at radius 2 is 1.69 bits per heavy atom. The summed E-state index contributed by atoms with van der Waals surface area (Å²) >= 11 is 0. The summed E-state index contributed by atoms with van der Waals surface area (Å²) in [5, 5.41) is 2.91. The van der Waals surface area contributed by atoms with Crippen LogP contribution in [-0.2, 0) is 19.6 Å². The minimum absolute atomic E-state index is 0.00796. The van der Waals surface area contributed by atoms with Gasteiger partial charge in [0.25, 0.3) is 10.0 Å². The highest BCUT2D eigenvalue weighted by Gasteiger charge is 2.26. The van der Waals surface area contributed by atoms with Crippen molar-refractivity contribution < 1.29 is 22.7 Å². The number of morpholine rings is 1. The van der Waals surface area contributed by atoms with Gasteiger partial charge < -0.3 is 19.7 Å². The molecule has 1 aliphatic heterocycles. The number of hydrogen-bond acceptors (Lipinski definition) is 6. The summed E-state index contributed by atoms with van der Waals surface area (Å²) in [6.07, 6.45) is 3.86. The van der Waals surface area contributed by atoms with Crippen LogP contribution in [0.3, 0.4) is 0 Å². The van der Waals surface area contributed by atoms with Gasteiger partial charge in [0.2, 0.25) is 5.91 Å². The van der Waals surface area contributed by atoms with E-state index in [-0.39, 0.29) is 16.7 Å². The van der Waals surface area contributed by atoms with Crippen LogP contribution in [0.15, 0.2) is 47.4 Å². The average molecular weight is 460 g/mol. The summed E-state index contributed by atoms with van der Waals surface area (Å²) in [5.74, 6) is 0.582. The molecule has 2 N–H and O–H groups in total. The fourth-order valence-electron chi connectivity index (χ4n) is 4.17. The number of methoxy groups -OCH3 is 1. The van der Waals surface area contributed by atoms with Gasteiger partial charge in [-0.15, -0.1) is 0 Å². The summed E-state index contributed by atoms with van der Waals surface area (Å²) in [4.78, 5) is 14.7. The van der Waals surface area contributed by atoms with E-state index in [2.05, 4.69) is 10.0 Å². The van der Waals surface area contributed by atoms with E-state index in [0.29, 0.717) is 49.1 Å². The van der Waals surface area contributed by atoms with Crippen LogP contribution >= 0.6 is 0 Å². The SMILES string of the molecule is COc1ccc(NS(=O)(=O)c2cc(NC(=O)C3CCCC3)ccc2N2CCOCC2)cc1. The van der Waals surface area contributed by atoms with Crippen LogP contribution in [0.1, 0.15) is 25.7 Å². The molecule has 2 aromatic rings. The van der Waals surface area contributed by atoms with Crippen LogP contribution in [0.4, 0.5) is 17.1 Å². The summed E-state index contributed by atoms with van der Waals surface area (Å²) in [6.45, 7) is 2.26. The standard InChI is InChI=1S/C23H29N3O5S/c1-30-20-9-6-18(7-10-20)25-32(28,29)22-16-19(24-23(27)17-4-2-3-5-17)8-11-21(22)26-12-14-31-15-13-26/h6-11,16-17,25H,2-5,12-15H2,1H3,(H,24,27). The Hall–Kier alpha value is -2.78. The highest BCUT2D eigenvalue weighted by Crippen LogP contribution is 2.32. The molecule has 0 radical (unpaired) electrons. The third kappa shape index (κ3) is 5.16. The van der Waals surface area contributed by atoms with Crippen molar-refractivity contribution >= 4 is 33.0 Å². The van der Waals surface area contributed by atoms with E-state index in [1.807, 2.05) is 4.90 Å². The van der Waals surface area contributed by atoms with E-state index < -0.39 is 10.0 Å². The Morgan fingerprint density at radius 1 is 1.03 bits per heavy atom. The molecule has 0 bridgehead atoms. The molecular formula is C23H29N3O5S. The number of sulfonamides is 1. The number of hydrogen-bond donors (Lipinski definition) is 2. The molecule has 4 rings (SSSR count). The minimum atomic E-state index is -3.91. The molecule has 32 heavy (non-hydrogen) atoms.